The zero-order chi connectivity index (χ0) is 21.1. The lowest BCUT2D eigenvalue weighted by Gasteiger charge is -2.12. The van der Waals surface area contributed by atoms with E-state index in [-0.39, 0.29) is 17.7 Å². The predicted octanol–water partition coefficient (Wildman–Crippen LogP) is 4.38. The summed E-state index contributed by atoms with van der Waals surface area (Å²) in [5.41, 5.74) is 1.37. The average Bonchev–Trinajstić information content (AvgIpc) is 3.38. The molecule has 0 aliphatic rings. The van der Waals surface area contributed by atoms with Gasteiger partial charge in [-0.2, -0.15) is 23.1 Å². The minimum absolute atomic E-state index is 0.0560. The molecule has 3 aromatic heterocycles. The third kappa shape index (κ3) is 4.66. The van der Waals surface area contributed by atoms with Crippen LogP contribution in [0.3, 0.4) is 0 Å². The van der Waals surface area contributed by atoms with E-state index in [4.69, 9.17) is 0 Å². The maximum absolute atomic E-state index is 12.6. The highest BCUT2D eigenvalue weighted by atomic mass is 32.1. The molecule has 1 aromatic carbocycles. The topological polar surface area (TPSA) is 108 Å². The fraction of sp³-hybridized carbons (Fsp3) is 0.111. The van der Waals surface area contributed by atoms with E-state index in [1.807, 2.05) is 0 Å². The number of nitrogens with zero attached hydrogens (tertiary/aromatic N) is 3. The van der Waals surface area contributed by atoms with Crippen LogP contribution in [0.1, 0.15) is 10.4 Å². The molecule has 154 valence electrons. The van der Waals surface area contributed by atoms with Gasteiger partial charge in [-0.25, -0.2) is 4.98 Å². The van der Waals surface area contributed by atoms with Crippen LogP contribution < -0.4 is 16.0 Å². The van der Waals surface area contributed by atoms with Crippen molar-refractivity contribution in [3.63, 3.8) is 0 Å². The maximum atomic E-state index is 12.6. The largest absolute Gasteiger partial charge is 0.405 e. The number of carbonyl (C=O) groups excluding carboxylic acids is 1. The van der Waals surface area contributed by atoms with E-state index in [2.05, 4.69) is 35.9 Å². The number of nitrogens with one attached hydrogen (secondary N) is 4. The lowest BCUT2D eigenvalue weighted by molar-refractivity contribution is -0.115. The lowest BCUT2D eigenvalue weighted by atomic mass is 10.2. The number of aromatic amines is 1. The molecule has 30 heavy (non-hydrogen) atoms. The molecule has 4 aromatic rings. The van der Waals surface area contributed by atoms with Gasteiger partial charge in [0.1, 0.15) is 18.0 Å². The second kappa shape index (κ2) is 7.99. The number of carbonyl (C=O) groups is 1. The summed E-state index contributed by atoms with van der Waals surface area (Å²) in [6.45, 7) is -1.22. The third-order valence-corrected chi connectivity index (χ3v) is 4.62. The maximum Gasteiger partial charge on any atom is 0.405 e. The molecule has 0 atom stereocenters. The van der Waals surface area contributed by atoms with Gasteiger partial charge in [-0.1, -0.05) is 0 Å². The van der Waals surface area contributed by atoms with Gasteiger partial charge in [0, 0.05) is 29.0 Å². The van der Waals surface area contributed by atoms with Gasteiger partial charge in [0.05, 0.1) is 5.39 Å². The fourth-order valence-corrected chi connectivity index (χ4v) is 3.13. The third-order valence-electron chi connectivity index (χ3n) is 3.93. The molecule has 0 saturated heterocycles. The number of alkyl halides is 3. The molecular formula is C18H14F3N7OS. The number of hydrogen-bond donors (Lipinski definition) is 4. The highest BCUT2D eigenvalue weighted by Crippen LogP contribution is 2.25. The van der Waals surface area contributed by atoms with Gasteiger partial charge in [-0.15, -0.1) is 11.3 Å². The minimum Gasteiger partial charge on any atom is -0.360 e. The number of thiazole rings is 1. The summed E-state index contributed by atoms with van der Waals surface area (Å²) in [6, 6.07) is 8.07. The van der Waals surface area contributed by atoms with Crippen molar-refractivity contribution < 1.29 is 18.0 Å². The molecule has 8 nitrogen and oxygen atoms in total. The zero-order valence-electron chi connectivity index (χ0n) is 15.1. The second-order valence-electron chi connectivity index (χ2n) is 6.10. The smallest absolute Gasteiger partial charge is 0.360 e. The molecule has 0 spiro atoms. The van der Waals surface area contributed by atoms with Crippen LogP contribution in [-0.2, 0) is 0 Å². The van der Waals surface area contributed by atoms with Crippen molar-refractivity contribution in [1.82, 2.24) is 19.9 Å². The molecule has 0 saturated carbocycles. The molecule has 1 amide bonds. The molecule has 0 aliphatic carbocycles. The number of amides is 1. The summed E-state index contributed by atoms with van der Waals surface area (Å²) in [5.74, 6) is -0.144. The Hall–Kier alpha value is -3.67. The Bertz CT molecular complexity index is 1160. The van der Waals surface area contributed by atoms with E-state index in [9.17, 15) is 18.0 Å². The number of benzene rings is 1. The molecule has 0 aliphatic heterocycles. The number of hydrogen-bond acceptors (Lipinski definition) is 7. The minimum atomic E-state index is -4.38. The van der Waals surface area contributed by atoms with Gasteiger partial charge in [0.15, 0.2) is 5.13 Å². The van der Waals surface area contributed by atoms with Crippen molar-refractivity contribution in [3.05, 3.63) is 53.7 Å². The van der Waals surface area contributed by atoms with Crippen molar-refractivity contribution in [2.75, 3.05) is 22.5 Å². The Balaban J connectivity index is 1.50. The molecule has 4 N–H and O–H groups in total. The Kier molecular flexibility index (Phi) is 5.23. The molecule has 0 fully saturated rings. The number of aromatic nitrogens is 4. The second-order valence-corrected chi connectivity index (χ2v) is 6.99. The Labute approximate surface area is 171 Å². The highest BCUT2D eigenvalue weighted by molar-refractivity contribution is 7.13. The van der Waals surface area contributed by atoms with Crippen molar-refractivity contribution in [1.29, 1.82) is 0 Å². The van der Waals surface area contributed by atoms with Gasteiger partial charge in [-0.05, 0) is 30.3 Å². The number of rotatable bonds is 6. The number of fused-ring (bicyclic) bond motifs is 1. The first kappa shape index (κ1) is 19.6. The first-order valence-electron chi connectivity index (χ1n) is 8.61. The summed E-state index contributed by atoms with van der Waals surface area (Å²) < 4.78 is 37.7. The fourth-order valence-electron chi connectivity index (χ4n) is 2.60. The summed E-state index contributed by atoms with van der Waals surface area (Å²) in [5, 5.41) is 10.6. The zero-order valence-corrected chi connectivity index (χ0v) is 15.9. The van der Waals surface area contributed by atoms with Gasteiger partial charge in [-0.3, -0.25) is 10.1 Å². The van der Waals surface area contributed by atoms with Crippen LogP contribution in [0.25, 0.3) is 11.0 Å². The quantitative estimate of drug-likeness (QED) is 0.359. The van der Waals surface area contributed by atoms with Gasteiger partial charge in [0.25, 0.3) is 5.91 Å². The molecule has 3 heterocycles. The monoisotopic (exact) mass is 433 g/mol. The van der Waals surface area contributed by atoms with Crippen LogP contribution in [0.2, 0.25) is 0 Å². The summed E-state index contributed by atoms with van der Waals surface area (Å²) >= 11 is 1.31. The van der Waals surface area contributed by atoms with Crippen LogP contribution in [0.15, 0.2) is 48.1 Å². The Morgan fingerprint density at radius 2 is 1.93 bits per heavy atom. The van der Waals surface area contributed by atoms with E-state index in [1.54, 1.807) is 48.1 Å². The molecule has 12 heteroatoms. The molecule has 0 radical (unpaired) electrons. The number of anilines is 4. The Morgan fingerprint density at radius 3 is 2.63 bits per heavy atom. The van der Waals surface area contributed by atoms with Crippen LogP contribution >= 0.6 is 11.3 Å². The highest BCUT2D eigenvalue weighted by Gasteiger charge is 2.27. The first-order valence-corrected chi connectivity index (χ1v) is 9.49. The van der Waals surface area contributed by atoms with E-state index >= 15 is 0 Å². The predicted molar refractivity (Wildman–Crippen MR) is 108 cm³/mol. The van der Waals surface area contributed by atoms with Crippen LogP contribution in [-0.4, -0.2) is 38.6 Å². The summed E-state index contributed by atoms with van der Waals surface area (Å²) in [7, 11) is 0. The normalized spacial score (nSPS) is 11.4. The van der Waals surface area contributed by atoms with Crippen molar-refractivity contribution in [2.45, 2.75) is 6.18 Å². The van der Waals surface area contributed by atoms with Crippen LogP contribution in [0.4, 0.5) is 35.8 Å². The van der Waals surface area contributed by atoms with Gasteiger partial charge < -0.3 is 15.6 Å². The lowest BCUT2D eigenvalue weighted by Crippen LogP contribution is -2.22. The van der Waals surface area contributed by atoms with E-state index in [0.717, 1.165) is 0 Å². The molecular weight excluding hydrogens is 419 g/mol. The van der Waals surface area contributed by atoms with E-state index < -0.39 is 12.7 Å². The van der Waals surface area contributed by atoms with Crippen molar-refractivity contribution in [2.24, 2.45) is 0 Å². The van der Waals surface area contributed by atoms with Crippen molar-refractivity contribution >= 4 is 50.9 Å². The number of halogens is 3. The van der Waals surface area contributed by atoms with Gasteiger partial charge >= 0.3 is 6.18 Å². The molecule has 0 unspecified atom stereocenters. The summed E-state index contributed by atoms with van der Waals surface area (Å²) in [6.07, 6.45) is -1.22. The van der Waals surface area contributed by atoms with Crippen molar-refractivity contribution in [3.8, 4) is 0 Å². The SMILES string of the molecule is O=C(Nc1nccs1)c1ccc(Nc2nc(NCC(F)(F)F)c3cc[nH]c3n2)cc1. The molecule has 0 bridgehead atoms. The van der Waals surface area contributed by atoms with Crippen LogP contribution in [0.5, 0.6) is 0 Å². The van der Waals surface area contributed by atoms with E-state index in [1.165, 1.54) is 11.3 Å². The van der Waals surface area contributed by atoms with Gasteiger partial charge in [0.2, 0.25) is 5.95 Å². The standard InChI is InChI=1S/C18H14F3N7OS/c19-18(20,21)9-24-14-12-5-6-22-13(12)26-16(27-14)25-11-3-1-10(2-4-11)15(29)28-17-23-7-8-30-17/h1-8H,9H2,(H,23,28,29)(H3,22,24,25,26,27). The average molecular weight is 433 g/mol. The molecule has 4 rings (SSSR count). The Morgan fingerprint density at radius 1 is 1.13 bits per heavy atom. The van der Waals surface area contributed by atoms with Crippen LogP contribution in [0, 0.1) is 0 Å². The van der Waals surface area contributed by atoms with E-state index in [0.29, 0.717) is 27.4 Å². The summed E-state index contributed by atoms with van der Waals surface area (Å²) in [4.78, 5) is 27.4. The first-order chi connectivity index (χ1) is 14.4. The number of H-pyrrole nitrogens is 1.